The summed E-state index contributed by atoms with van der Waals surface area (Å²) in [5.74, 6) is 0.628. The average Bonchev–Trinajstić information content (AvgIpc) is 2.93. The summed E-state index contributed by atoms with van der Waals surface area (Å²) in [6, 6.07) is 33.9. The van der Waals surface area contributed by atoms with Gasteiger partial charge in [-0.2, -0.15) is 0 Å². The number of nitrogens with one attached hydrogen (secondary N) is 1. The van der Waals surface area contributed by atoms with Gasteiger partial charge in [0.25, 0.3) is 10.0 Å². The molecule has 4 aromatic carbocycles. The van der Waals surface area contributed by atoms with Crippen LogP contribution in [0.5, 0.6) is 5.75 Å². The number of aryl methyl sites for hydroxylation is 1. The van der Waals surface area contributed by atoms with Crippen molar-refractivity contribution in [1.82, 2.24) is 0 Å². The van der Waals surface area contributed by atoms with Gasteiger partial charge in [0.05, 0.1) is 24.2 Å². The fourth-order valence-electron chi connectivity index (χ4n) is 4.49. The molecular weight excluding hydrogens is 496 g/mol. The Balaban J connectivity index is 1.60. The number of aliphatic hydroxyl groups excluding tert-OH is 1. The Morgan fingerprint density at radius 2 is 1.32 bits per heavy atom. The second-order valence-electron chi connectivity index (χ2n) is 9.48. The van der Waals surface area contributed by atoms with E-state index < -0.39 is 16.1 Å². The van der Waals surface area contributed by atoms with Crippen LogP contribution in [0.1, 0.15) is 16.7 Å². The van der Waals surface area contributed by atoms with Gasteiger partial charge in [0, 0.05) is 11.1 Å². The smallest absolute Gasteiger partial charge is 0.264 e. The molecule has 0 aliphatic rings. The SMILES string of the molecule is COc1ccc(N(C[C@H](O)C[NH+](Cc2ccccc2)Cc2ccccc2)S(=O)(=O)c2ccc(C)cc2)cc1. The molecule has 0 aliphatic carbocycles. The number of quaternary nitrogens is 1. The second kappa shape index (κ2) is 12.7. The lowest BCUT2D eigenvalue weighted by Gasteiger charge is -2.29. The third kappa shape index (κ3) is 7.22. The molecule has 0 fully saturated rings. The number of benzene rings is 4. The Labute approximate surface area is 225 Å². The molecule has 1 atom stereocenters. The van der Waals surface area contributed by atoms with Crippen molar-refractivity contribution in [3.8, 4) is 5.75 Å². The minimum Gasteiger partial charge on any atom is -0.497 e. The zero-order valence-electron chi connectivity index (χ0n) is 21.8. The van der Waals surface area contributed by atoms with Crippen LogP contribution in [-0.4, -0.2) is 39.8 Å². The molecule has 198 valence electrons. The average molecular weight is 532 g/mol. The summed E-state index contributed by atoms with van der Waals surface area (Å²) in [7, 11) is -2.35. The molecule has 0 radical (unpaired) electrons. The van der Waals surface area contributed by atoms with E-state index in [1.165, 1.54) is 4.31 Å². The van der Waals surface area contributed by atoms with E-state index in [-0.39, 0.29) is 11.4 Å². The van der Waals surface area contributed by atoms with Crippen LogP contribution in [0.3, 0.4) is 0 Å². The maximum Gasteiger partial charge on any atom is 0.264 e. The number of ether oxygens (including phenoxy) is 1. The van der Waals surface area contributed by atoms with Crippen LogP contribution >= 0.6 is 0 Å². The highest BCUT2D eigenvalue weighted by molar-refractivity contribution is 7.92. The number of sulfonamides is 1. The molecule has 0 bridgehead atoms. The van der Waals surface area contributed by atoms with Gasteiger partial charge in [-0.15, -0.1) is 0 Å². The molecule has 38 heavy (non-hydrogen) atoms. The second-order valence-corrected chi connectivity index (χ2v) is 11.3. The van der Waals surface area contributed by atoms with Gasteiger partial charge in [-0.1, -0.05) is 78.4 Å². The molecule has 0 aromatic heterocycles. The van der Waals surface area contributed by atoms with Crippen molar-refractivity contribution in [3.05, 3.63) is 126 Å². The third-order valence-corrected chi connectivity index (χ3v) is 8.27. The number of rotatable bonds is 12. The lowest BCUT2D eigenvalue weighted by atomic mass is 10.1. The van der Waals surface area contributed by atoms with Crippen molar-refractivity contribution in [3.63, 3.8) is 0 Å². The Kier molecular flexibility index (Phi) is 9.18. The molecule has 0 unspecified atom stereocenters. The zero-order valence-corrected chi connectivity index (χ0v) is 22.6. The van der Waals surface area contributed by atoms with E-state index in [2.05, 4.69) is 24.3 Å². The molecule has 4 aromatic rings. The van der Waals surface area contributed by atoms with Gasteiger partial charge in [0.2, 0.25) is 0 Å². The molecule has 0 saturated heterocycles. The Bertz CT molecular complexity index is 1340. The van der Waals surface area contributed by atoms with Gasteiger partial charge in [-0.05, 0) is 43.3 Å². The summed E-state index contributed by atoms with van der Waals surface area (Å²) in [4.78, 5) is 1.32. The predicted octanol–water partition coefficient (Wildman–Crippen LogP) is 3.85. The fourth-order valence-corrected chi connectivity index (χ4v) is 6.00. The Morgan fingerprint density at radius 1 is 0.789 bits per heavy atom. The van der Waals surface area contributed by atoms with Crippen molar-refractivity contribution in [2.75, 3.05) is 24.5 Å². The molecule has 0 amide bonds. The van der Waals surface area contributed by atoms with Gasteiger partial charge in [0.1, 0.15) is 31.5 Å². The van der Waals surface area contributed by atoms with Crippen molar-refractivity contribution in [1.29, 1.82) is 0 Å². The summed E-state index contributed by atoms with van der Waals surface area (Å²) >= 11 is 0. The van der Waals surface area contributed by atoms with Crippen molar-refractivity contribution >= 4 is 15.7 Å². The van der Waals surface area contributed by atoms with Gasteiger partial charge in [0.15, 0.2) is 0 Å². The highest BCUT2D eigenvalue weighted by Gasteiger charge is 2.29. The summed E-state index contributed by atoms with van der Waals surface area (Å²) in [5, 5.41) is 11.3. The van der Waals surface area contributed by atoms with Gasteiger partial charge in [-0.25, -0.2) is 8.42 Å². The first kappa shape index (κ1) is 27.4. The van der Waals surface area contributed by atoms with E-state index in [4.69, 9.17) is 4.74 Å². The number of nitrogens with zero attached hydrogens (tertiary/aromatic N) is 1. The first-order valence-corrected chi connectivity index (χ1v) is 14.1. The van der Waals surface area contributed by atoms with Crippen LogP contribution in [-0.2, 0) is 23.1 Å². The predicted molar refractivity (Wildman–Crippen MR) is 151 cm³/mol. The fraction of sp³-hybridized carbons (Fsp3) is 0.226. The lowest BCUT2D eigenvalue weighted by molar-refractivity contribution is -0.930. The Morgan fingerprint density at radius 3 is 1.82 bits per heavy atom. The van der Waals surface area contributed by atoms with E-state index >= 15 is 0 Å². The maximum atomic E-state index is 13.8. The van der Waals surface area contributed by atoms with Crippen molar-refractivity contribution in [2.45, 2.75) is 31.0 Å². The first-order chi connectivity index (χ1) is 18.3. The zero-order chi connectivity index (χ0) is 27.0. The maximum absolute atomic E-state index is 13.8. The molecule has 6 nitrogen and oxygen atoms in total. The molecule has 0 spiro atoms. The standard InChI is InChI=1S/C31H34N2O4S/c1-25-13-19-31(20-14-25)38(35,36)33(28-15-17-30(37-2)18-16-28)24-29(34)23-32(21-26-9-5-3-6-10-26)22-27-11-7-4-8-12-27/h3-20,29,34H,21-24H2,1-2H3/p+1/t29-/m1/s1. The highest BCUT2D eigenvalue weighted by atomic mass is 32.2. The number of anilines is 1. The lowest BCUT2D eigenvalue weighted by Crippen LogP contribution is -3.10. The quantitative estimate of drug-likeness (QED) is 0.291. The van der Waals surface area contributed by atoms with Gasteiger partial charge >= 0.3 is 0 Å². The number of aliphatic hydroxyl groups is 1. The number of methoxy groups -OCH3 is 1. The van der Waals surface area contributed by atoms with Gasteiger partial charge in [-0.3, -0.25) is 4.31 Å². The number of hydrogen-bond acceptors (Lipinski definition) is 4. The third-order valence-electron chi connectivity index (χ3n) is 6.46. The van der Waals surface area contributed by atoms with Crippen LogP contribution < -0.4 is 13.9 Å². The van der Waals surface area contributed by atoms with E-state index in [9.17, 15) is 13.5 Å². The van der Waals surface area contributed by atoms with Crippen LogP contribution in [0, 0.1) is 6.92 Å². The van der Waals surface area contributed by atoms with Gasteiger partial charge < -0.3 is 14.7 Å². The minimum absolute atomic E-state index is 0.0738. The molecule has 2 N–H and O–H groups in total. The molecule has 4 rings (SSSR count). The van der Waals surface area contributed by atoms with Crippen LogP contribution in [0.2, 0.25) is 0 Å². The topological polar surface area (TPSA) is 71.3 Å². The number of hydrogen-bond donors (Lipinski definition) is 2. The monoisotopic (exact) mass is 531 g/mol. The Hall–Kier alpha value is -3.65. The van der Waals surface area contributed by atoms with E-state index in [1.807, 2.05) is 43.3 Å². The van der Waals surface area contributed by atoms with Crippen LogP contribution in [0.4, 0.5) is 5.69 Å². The van der Waals surface area contributed by atoms with Crippen molar-refractivity contribution in [2.24, 2.45) is 0 Å². The van der Waals surface area contributed by atoms with Crippen LogP contribution in [0.25, 0.3) is 0 Å². The molecule has 0 heterocycles. The van der Waals surface area contributed by atoms with Crippen LogP contribution in [0.15, 0.2) is 114 Å². The highest BCUT2D eigenvalue weighted by Crippen LogP contribution is 2.26. The normalized spacial score (nSPS) is 12.3. The molecule has 7 heteroatoms. The van der Waals surface area contributed by atoms with E-state index in [0.717, 1.165) is 21.6 Å². The van der Waals surface area contributed by atoms with E-state index in [1.54, 1.807) is 55.6 Å². The largest absolute Gasteiger partial charge is 0.497 e. The minimum atomic E-state index is -3.92. The molecule has 0 aliphatic heterocycles. The van der Waals surface area contributed by atoms with Crippen molar-refractivity contribution < 1.29 is 23.2 Å². The summed E-state index contributed by atoms with van der Waals surface area (Å²) in [5.41, 5.74) is 3.76. The van der Waals surface area contributed by atoms with E-state index in [0.29, 0.717) is 31.1 Å². The summed E-state index contributed by atoms with van der Waals surface area (Å²) in [6.07, 6.45) is -0.903. The molecule has 0 saturated carbocycles. The molecular formula is C31H35N2O4S+. The summed E-state index contributed by atoms with van der Waals surface area (Å²) in [6.45, 7) is 3.63. The first-order valence-electron chi connectivity index (χ1n) is 12.7. The summed E-state index contributed by atoms with van der Waals surface area (Å²) < 4.78 is 34.1.